The summed E-state index contributed by atoms with van der Waals surface area (Å²) in [5, 5.41) is 9.22. The predicted molar refractivity (Wildman–Crippen MR) is 351 cm³/mol. The highest BCUT2D eigenvalue weighted by molar-refractivity contribution is 6.01. The second-order valence-corrected chi connectivity index (χ2v) is 22.7. The second kappa shape index (κ2) is 32.1. The van der Waals surface area contributed by atoms with Crippen molar-refractivity contribution >= 4 is 64.1 Å². The molecule has 0 fully saturated rings. The van der Waals surface area contributed by atoms with Crippen molar-refractivity contribution in [3.8, 4) is 44.5 Å². The van der Waals surface area contributed by atoms with Gasteiger partial charge in [-0.15, -0.1) is 0 Å². The number of H-pyrrole nitrogens is 2. The molecule has 2 aliphatic heterocycles. The van der Waals surface area contributed by atoms with Gasteiger partial charge >= 0.3 is 0 Å². The molecule has 0 aliphatic carbocycles. The van der Waals surface area contributed by atoms with E-state index < -0.39 is 6.04 Å². The van der Waals surface area contributed by atoms with Crippen LogP contribution < -0.4 is 16.0 Å². The maximum atomic E-state index is 14.3. The summed E-state index contributed by atoms with van der Waals surface area (Å²) >= 11 is 0. The number of carbonyl (C=O) groups is 3. The van der Waals surface area contributed by atoms with E-state index in [2.05, 4.69) is 137 Å². The molecule has 5 heterocycles. The van der Waals surface area contributed by atoms with Crippen molar-refractivity contribution in [2.75, 3.05) is 13.1 Å². The van der Waals surface area contributed by atoms with Gasteiger partial charge in [0.05, 0.1) is 22.8 Å². The van der Waals surface area contributed by atoms with Crippen LogP contribution in [0.3, 0.4) is 0 Å². The summed E-state index contributed by atoms with van der Waals surface area (Å²) in [6.07, 6.45) is 33.0. The summed E-state index contributed by atoms with van der Waals surface area (Å²) in [6.45, 7) is 5.64. The molecular formula is C74H87N7O3. The number of hydrogen-bond donors (Lipinski definition) is 5. The maximum absolute atomic E-state index is 14.3. The average molecular weight is 1120 g/mol. The second-order valence-electron chi connectivity index (χ2n) is 22.7. The van der Waals surface area contributed by atoms with Crippen LogP contribution in [0.2, 0.25) is 0 Å². The molecule has 4 aromatic carbocycles. The summed E-state index contributed by atoms with van der Waals surface area (Å²) in [6, 6.07) is 46.2. The number of fused-ring (bicyclic) bond motifs is 8. The van der Waals surface area contributed by atoms with E-state index in [1.807, 2.05) is 66.7 Å². The predicted octanol–water partition coefficient (Wildman–Crippen LogP) is 18.3. The fourth-order valence-corrected chi connectivity index (χ4v) is 11.7. The van der Waals surface area contributed by atoms with Crippen LogP contribution in [-0.2, 0) is 9.59 Å². The molecule has 0 saturated heterocycles. The SMILES string of the molecule is CCCCCCCCCCCCNC(=O)CC[C@H](NC(=O)c1ccc(-c2c3nc(c(-c4ccccc4)c4ccc([nH]4)c(-c4ccccc4)c4nc(c(-c5ccccc5)c5ccc2[nH]5)C=C4)C=C3)cc1)C(=O)NCCCCCCCCCCCC. The van der Waals surface area contributed by atoms with Crippen molar-refractivity contribution in [3.63, 3.8) is 0 Å². The number of benzene rings is 4. The van der Waals surface area contributed by atoms with Gasteiger partial charge < -0.3 is 25.9 Å². The standard InChI is InChI=1S/C74H87N7O3/c1-3-5-7-9-11-13-15-17-19-30-52-75-68(82)51-50-67(74(84)76-53-31-20-18-16-14-12-10-8-6-4-2)81-73(83)58-40-38-57(39-41-58)72-65-48-46-63(79-65)70(55-34-26-22-27-35-55)61-44-42-59(77-61)69(54-32-24-21-25-33-54)60-43-45-62(78-60)71(56-36-28-23-29-37-56)64-47-49-66(72)80-64/h21-29,32-49,67,77,80H,3-20,30-31,50-53H2,1-2H3,(H,75,82)(H,76,84)(H,81,83)/t67-/m0/s1. The fraction of sp³-hybridized carbons (Fsp3) is 0.365. The number of rotatable bonds is 32. The molecule has 0 spiro atoms. The van der Waals surface area contributed by atoms with Crippen molar-refractivity contribution in [1.82, 2.24) is 35.9 Å². The molecular weight excluding hydrogens is 1030 g/mol. The number of carbonyl (C=O) groups excluding carboxylic acids is 3. The number of nitrogens with one attached hydrogen (secondary N) is 5. The van der Waals surface area contributed by atoms with E-state index in [1.165, 1.54) is 96.3 Å². The first-order valence-corrected chi connectivity index (χ1v) is 31.7. The van der Waals surface area contributed by atoms with Crippen LogP contribution in [0.15, 0.2) is 140 Å². The van der Waals surface area contributed by atoms with Crippen LogP contribution in [0.1, 0.15) is 188 Å². The topological polar surface area (TPSA) is 145 Å². The third-order valence-electron chi connectivity index (χ3n) is 16.3. The lowest BCUT2D eigenvalue weighted by Crippen LogP contribution is -2.47. The Morgan fingerprint density at radius 1 is 0.393 bits per heavy atom. The molecule has 3 amide bonds. The minimum Gasteiger partial charge on any atom is -0.356 e. The summed E-state index contributed by atoms with van der Waals surface area (Å²) < 4.78 is 0. The zero-order chi connectivity index (χ0) is 58.1. The van der Waals surface area contributed by atoms with Gasteiger partial charge in [0.25, 0.3) is 5.91 Å². The van der Waals surface area contributed by atoms with Crippen LogP contribution in [-0.4, -0.2) is 56.8 Å². The van der Waals surface area contributed by atoms with Gasteiger partial charge in [-0.3, -0.25) is 14.4 Å². The molecule has 3 aromatic heterocycles. The van der Waals surface area contributed by atoms with Gasteiger partial charge in [-0.2, -0.15) is 0 Å². The number of amides is 3. The molecule has 2 aliphatic rings. The normalized spacial score (nSPS) is 12.1. The molecule has 5 N–H and O–H groups in total. The van der Waals surface area contributed by atoms with Crippen LogP contribution in [0, 0.1) is 0 Å². The molecule has 7 aromatic rings. The lowest BCUT2D eigenvalue weighted by molar-refractivity contribution is -0.124. The zero-order valence-corrected chi connectivity index (χ0v) is 49.8. The Kier molecular flexibility index (Phi) is 23.1. The van der Waals surface area contributed by atoms with E-state index in [0.717, 1.165) is 121 Å². The number of nitrogens with zero attached hydrogens (tertiary/aromatic N) is 2. The molecule has 10 nitrogen and oxygen atoms in total. The van der Waals surface area contributed by atoms with Crippen LogP contribution >= 0.6 is 0 Å². The van der Waals surface area contributed by atoms with Gasteiger partial charge in [0.15, 0.2) is 0 Å². The quantitative estimate of drug-likeness (QED) is 0.0267. The summed E-state index contributed by atoms with van der Waals surface area (Å²) in [4.78, 5) is 60.0. The van der Waals surface area contributed by atoms with Gasteiger partial charge in [-0.1, -0.05) is 233 Å². The highest BCUT2D eigenvalue weighted by atomic mass is 16.2. The number of unbranched alkanes of at least 4 members (excludes halogenated alkanes) is 18. The molecule has 10 heteroatoms. The molecule has 0 radical (unpaired) electrons. The van der Waals surface area contributed by atoms with E-state index in [1.54, 1.807) is 0 Å². The van der Waals surface area contributed by atoms with Crippen LogP contribution in [0.4, 0.5) is 0 Å². The Bertz CT molecular complexity index is 3430. The Balaban J connectivity index is 0.996. The minimum atomic E-state index is -0.883. The molecule has 436 valence electrons. The Morgan fingerprint density at radius 3 is 1.10 bits per heavy atom. The van der Waals surface area contributed by atoms with E-state index in [4.69, 9.17) is 9.97 Å². The Morgan fingerprint density at radius 2 is 0.726 bits per heavy atom. The van der Waals surface area contributed by atoms with Crippen molar-refractivity contribution in [3.05, 3.63) is 168 Å². The fourth-order valence-electron chi connectivity index (χ4n) is 11.7. The first kappa shape index (κ1) is 60.5. The van der Waals surface area contributed by atoms with Gasteiger partial charge in [0, 0.05) is 69.4 Å². The number of aromatic nitrogens is 4. The molecule has 9 rings (SSSR count). The van der Waals surface area contributed by atoms with Gasteiger partial charge in [0.2, 0.25) is 11.8 Å². The summed E-state index contributed by atoms with van der Waals surface area (Å²) in [7, 11) is 0. The first-order chi connectivity index (χ1) is 41.4. The lowest BCUT2D eigenvalue weighted by Gasteiger charge is -2.19. The minimum absolute atomic E-state index is 0.105. The number of hydrogen-bond acceptors (Lipinski definition) is 5. The van der Waals surface area contributed by atoms with Crippen molar-refractivity contribution < 1.29 is 14.4 Å². The third-order valence-corrected chi connectivity index (χ3v) is 16.3. The summed E-state index contributed by atoms with van der Waals surface area (Å²) in [5.74, 6) is -0.752. The maximum Gasteiger partial charge on any atom is 0.251 e. The average Bonchev–Trinajstić information content (AvgIpc) is 4.43. The highest BCUT2D eigenvalue weighted by Crippen LogP contribution is 2.38. The first-order valence-electron chi connectivity index (χ1n) is 31.7. The van der Waals surface area contributed by atoms with Crippen LogP contribution in [0.5, 0.6) is 0 Å². The largest absolute Gasteiger partial charge is 0.356 e. The van der Waals surface area contributed by atoms with E-state index in [-0.39, 0.29) is 30.6 Å². The number of aromatic amines is 2. The van der Waals surface area contributed by atoms with Gasteiger partial charge in [0.1, 0.15) is 6.04 Å². The molecule has 84 heavy (non-hydrogen) atoms. The molecule has 0 saturated carbocycles. The monoisotopic (exact) mass is 1120 g/mol. The molecule has 0 unspecified atom stereocenters. The van der Waals surface area contributed by atoms with Gasteiger partial charge in [-0.05, 0) is 102 Å². The highest BCUT2D eigenvalue weighted by Gasteiger charge is 2.24. The molecule has 1 atom stereocenters. The third kappa shape index (κ3) is 16.8. The van der Waals surface area contributed by atoms with Crippen LogP contribution in [0.25, 0.3) is 90.9 Å². The van der Waals surface area contributed by atoms with Crippen molar-refractivity contribution in [2.45, 2.75) is 161 Å². The van der Waals surface area contributed by atoms with Crippen molar-refractivity contribution in [1.29, 1.82) is 0 Å². The van der Waals surface area contributed by atoms with E-state index in [0.29, 0.717) is 18.7 Å². The van der Waals surface area contributed by atoms with Crippen molar-refractivity contribution in [2.24, 2.45) is 0 Å². The lowest BCUT2D eigenvalue weighted by atomic mass is 10.0. The smallest absolute Gasteiger partial charge is 0.251 e. The summed E-state index contributed by atoms with van der Waals surface area (Å²) in [5.41, 5.74) is 14.9. The van der Waals surface area contributed by atoms with Gasteiger partial charge in [-0.25, -0.2) is 9.97 Å². The zero-order valence-electron chi connectivity index (χ0n) is 49.8. The Hall–Kier alpha value is -8.11. The van der Waals surface area contributed by atoms with E-state index >= 15 is 0 Å². The molecule has 8 bridgehead atoms. The van der Waals surface area contributed by atoms with E-state index in [9.17, 15) is 14.4 Å². The Labute approximate surface area is 498 Å².